The van der Waals surface area contributed by atoms with E-state index in [9.17, 15) is 5.11 Å². The van der Waals surface area contributed by atoms with E-state index in [1.54, 1.807) is 0 Å². The van der Waals surface area contributed by atoms with Crippen molar-refractivity contribution < 1.29 is 14.6 Å². The maximum Gasteiger partial charge on any atom is 0.143 e. The molecule has 0 amide bonds. The molecule has 2 atom stereocenters. The molecule has 4 aromatic carbocycles. The van der Waals surface area contributed by atoms with Gasteiger partial charge in [-0.2, -0.15) is 0 Å². The molecule has 1 saturated heterocycles. The lowest BCUT2D eigenvalue weighted by molar-refractivity contribution is -0.0629. The molecule has 1 heterocycles. The Hall–Kier alpha value is -2.54. The van der Waals surface area contributed by atoms with Crippen molar-refractivity contribution in [3.63, 3.8) is 0 Å². The van der Waals surface area contributed by atoms with Crippen LogP contribution in [-0.4, -0.2) is 39.5 Å². The number of thioether (sulfide) groups is 2. The summed E-state index contributed by atoms with van der Waals surface area (Å²) in [6.45, 7) is 2.96. The minimum atomic E-state index is -0.821. The smallest absolute Gasteiger partial charge is 0.143 e. The monoisotopic (exact) mass is 598 g/mol. The Morgan fingerprint density at radius 3 is 1.71 bits per heavy atom. The predicted molar refractivity (Wildman–Crippen MR) is 178 cm³/mol. The SMILES string of the molecule is C[C@@](O)(CC1SCCCS1)C[C@H](CCOC(c1ccccc1)(c1ccccc1)c1ccccc1)OCc1ccccc1. The van der Waals surface area contributed by atoms with Crippen molar-refractivity contribution in [1.82, 2.24) is 0 Å². The summed E-state index contributed by atoms with van der Waals surface area (Å²) >= 11 is 3.96. The zero-order chi connectivity index (χ0) is 29.1. The van der Waals surface area contributed by atoms with Gasteiger partial charge in [-0.25, -0.2) is 0 Å². The molecular weight excluding hydrogens is 557 g/mol. The van der Waals surface area contributed by atoms with Crippen LogP contribution < -0.4 is 0 Å². The van der Waals surface area contributed by atoms with E-state index in [1.165, 1.54) is 17.9 Å². The number of rotatable bonds is 14. The Balaban J connectivity index is 1.38. The van der Waals surface area contributed by atoms with Crippen molar-refractivity contribution in [3.8, 4) is 0 Å². The highest BCUT2D eigenvalue weighted by molar-refractivity contribution is 8.17. The van der Waals surface area contributed by atoms with Crippen LogP contribution in [0.1, 0.15) is 54.9 Å². The van der Waals surface area contributed by atoms with E-state index in [4.69, 9.17) is 9.47 Å². The topological polar surface area (TPSA) is 38.7 Å². The molecule has 0 saturated carbocycles. The van der Waals surface area contributed by atoms with Crippen molar-refractivity contribution in [2.24, 2.45) is 0 Å². The second-order valence-corrected chi connectivity index (χ2v) is 14.2. The van der Waals surface area contributed by atoms with Gasteiger partial charge in [0.15, 0.2) is 0 Å². The van der Waals surface area contributed by atoms with Gasteiger partial charge in [0.25, 0.3) is 0 Å². The molecule has 0 unspecified atom stereocenters. The predicted octanol–water partition coefficient (Wildman–Crippen LogP) is 8.70. The fraction of sp³-hybridized carbons (Fsp3) is 0.351. The largest absolute Gasteiger partial charge is 0.390 e. The minimum Gasteiger partial charge on any atom is -0.390 e. The molecule has 0 bridgehead atoms. The van der Waals surface area contributed by atoms with E-state index in [-0.39, 0.29) is 6.10 Å². The van der Waals surface area contributed by atoms with Crippen molar-refractivity contribution in [3.05, 3.63) is 144 Å². The number of hydrogen-bond donors (Lipinski definition) is 1. The van der Waals surface area contributed by atoms with Gasteiger partial charge in [-0.05, 0) is 59.9 Å². The van der Waals surface area contributed by atoms with Crippen LogP contribution >= 0.6 is 23.5 Å². The van der Waals surface area contributed by atoms with E-state index in [1.807, 2.05) is 66.8 Å². The molecule has 5 heteroatoms. The molecule has 42 heavy (non-hydrogen) atoms. The Morgan fingerprint density at radius 2 is 1.21 bits per heavy atom. The molecule has 1 aliphatic rings. The van der Waals surface area contributed by atoms with Crippen molar-refractivity contribution in [2.75, 3.05) is 18.1 Å². The lowest BCUT2D eigenvalue weighted by Crippen LogP contribution is -2.37. The van der Waals surface area contributed by atoms with Crippen LogP contribution in [0, 0.1) is 0 Å². The van der Waals surface area contributed by atoms with Crippen molar-refractivity contribution in [2.45, 2.75) is 61.1 Å². The fourth-order valence-electron chi connectivity index (χ4n) is 5.73. The second kappa shape index (κ2) is 15.3. The minimum absolute atomic E-state index is 0.154. The summed E-state index contributed by atoms with van der Waals surface area (Å²) in [5, 5.41) is 11.6. The number of aliphatic hydroxyl groups is 1. The van der Waals surface area contributed by atoms with Crippen LogP contribution in [0.4, 0.5) is 0 Å². The number of hydrogen-bond acceptors (Lipinski definition) is 5. The van der Waals surface area contributed by atoms with E-state index < -0.39 is 11.2 Å². The van der Waals surface area contributed by atoms with Gasteiger partial charge in [-0.1, -0.05) is 121 Å². The van der Waals surface area contributed by atoms with Gasteiger partial charge in [-0.15, -0.1) is 23.5 Å². The molecule has 3 nitrogen and oxygen atoms in total. The third-order valence-electron chi connectivity index (χ3n) is 7.80. The molecule has 1 fully saturated rings. The maximum absolute atomic E-state index is 11.6. The quantitative estimate of drug-likeness (QED) is 0.147. The molecular formula is C37H42O3S2. The first kappa shape index (κ1) is 30.9. The zero-order valence-corrected chi connectivity index (χ0v) is 26.1. The Labute approximate surface area is 260 Å². The van der Waals surface area contributed by atoms with Gasteiger partial charge in [0.05, 0.1) is 29.5 Å². The molecule has 0 aliphatic carbocycles. The van der Waals surface area contributed by atoms with Gasteiger partial charge in [0, 0.05) is 6.42 Å². The van der Waals surface area contributed by atoms with Gasteiger partial charge in [0.2, 0.25) is 0 Å². The Morgan fingerprint density at radius 1 is 0.738 bits per heavy atom. The average molecular weight is 599 g/mol. The number of ether oxygens (including phenoxy) is 2. The summed E-state index contributed by atoms with van der Waals surface area (Å²) < 4.78 is 14.0. The standard InChI is InChI=1S/C37H42O3S2/c1-36(38,28-35-41-25-14-26-42-35)27-34(39-29-30-15-6-2-7-16-30)23-24-40-37(31-17-8-3-9-18-31,32-19-10-4-11-20-32)33-21-12-5-13-22-33/h2-13,15-22,34-35,38H,14,23-29H2,1H3/t34-,36-/m0/s1. The normalized spacial score (nSPS) is 16.5. The van der Waals surface area contributed by atoms with Gasteiger partial charge >= 0.3 is 0 Å². The fourth-order valence-corrected chi connectivity index (χ4v) is 8.98. The van der Waals surface area contributed by atoms with Crippen LogP contribution in [0.2, 0.25) is 0 Å². The summed E-state index contributed by atoms with van der Waals surface area (Å²) in [6.07, 6.45) is 3.09. The van der Waals surface area contributed by atoms with E-state index in [0.29, 0.717) is 30.6 Å². The highest BCUT2D eigenvalue weighted by Gasteiger charge is 2.38. The summed E-state index contributed by atoms with van der Waals surface area (Å²) in [5.74, 6) is 2.35. The van der Waals surface area contributed by atoms with E-state index >= 15 is 0 Å². The van der Waals surface area contributed by atoms with Crippen LogP contribution in [0.5, 0.6) is 0 Å². The molecule has 0 aromatic heterocycles. The lowest BCUT2D eigenvalue weighted by atomic mass is 9.80. The molecule has 4 aromatic rings. The summed E-state index contributed by atoms with van der Waals surface area (Å²) in [7, 11) is 0. The maximum atomic E-state index is 11.6. The first-order chi connectivity index (χ1) is 20.6. The van der Waals surface area contributed by atoms with Crippen LogP contribution in [0.3, 0.4) is 0 Å². The second-order valence-electron chi connectivity index (χ2n) is 11.3. The molecule has 1 N–H and O–H groups in total. The molecule has 220 valence electrons. The molecule has 1 aliphatic heterocycles. The van der Waals surface area contributed by atoms with Crippen molar-refractivity contribution in [1.29, 1.82) is 0 Å². The zero-order valence-electron chi connectivity index (χ0n) is 24.4. The van der Waals surface area contributed by atoms with Crippen LogP contribution in [0.25, 0.3) is 0 Å². The third kappa shape index (κ3) is 8.30. The van der Waals surface area contributed by atoms with Crippen molar-refractivity contribution >= 4 is 23.5 Å². The van der Waals surface area contributed by atoms with E-state index in [0.717, 1.165) is 28.7 Å². The first-order valence-corrected chi connectivity index (χ1v) is 17.1. The van der Waals surface area contributed by atoms with Gasteiger partial charge < -0.3 is 14.6 Å². The summed E-state index contributed by atoms with van der Waals surface area (Å²) in [5.41, 5.74) is 2.80. The van der Waals surface area contributed by atoms with Gasteiger partial charge in [0.1, 0.15) is 5.60 Å². The summed E-state index contributed by atoms with van der Waals surface area (Å²) in [4.78, 5) is 0. The highest BCUT2D eigenvalue weighted by Crippen LogP contribution is 2.41. The van der Waals surface area contributed by atoms with Crippen LogP contribution in [0.15, 0.2) is 121 Å². The van der Waals surface area contributed by atoms with E-state index in [2.05, 4.69) is 84.9 Å². The third-order valence-corrected chi connectivity index (χ3v) is 10.7. The number of benzene rings is 4. The molecule has 5 rings (SSSR count). The Bertz CT molecular complexity index is 1210. The molecule has 0 spiro atoms. The summed E-state index contributed by atoms with van der Waals surface area (Å²) in [6, 6.07) is 41.7. The Kier molecular flexibility index (Phi) is 11.2. The highest BCUT2D eigenvalue weighted by atomic mass is 32.2. The lowest BCUT2D eigenvalue weighted by Gasteiger charge is -2.37. The van der Waals surface area contributed by atoms with Crippen LogP contribution in [-0.2, 0) is 21.7 Å². The average Bonchev–Trinajstić information content (AvgIpc) is 3.04. The first-order valence-electron chi connectivity index (χ1n) is 15.0. The molecule has 0 radical (unpaired) electrons. The van der Waals surface area contributed by atoms with Gasteiger partial charge in [-0.3, -0.25) is 0 Å².